The van der Waals surface area contributed by atoms with Gasteiger partial charge in [0.1, 0.15) is 18.5 Å². The molecule has 1 aromatic heterocycles. The fourth-order valence-electron chi connectivity index (χ4n) is 3.38. The second-order valence-electron chi connectivity index (χ2n) is 7.40. The summed E-state index contributed by atoms with van der Waals surface area (Å²) in [6, 6.07) is 3.62. The van der Waals surface area contributed by atoms with Crippen molar-refractivity contribution >= 4 is 23.0 Å². The van der Waals surface area contributed by atoms with Crippen LogP contribution in [0.5, 0.6) is 0 Å². The van der Waals surface area contributed by atoms with Gasteiger partial charge < -0.3 is 20.9 Å². The normalized spacial score (nSPS) is 17.3. The zero-order valence-corrected chi connectivity index (χ0v) is 17.4. The molecule has 35 heavy (non-hydrogen) atoms. The van der Waals surface area contributed by atoms with Crippen LogP contribution in [0.2, 0.25) is 0 Å². The molecule has 0 aliphatic carbocycles. The number of fused-ring (bicyclic) bond motifs is 1. The summed E-state index contributed by atoms with van der Waals surface area (Å²) in [5.74, 6) is -2.03. The molecular weight excluding hydrogens is 485 g/mol. The van der Waals surface area contributed by atoms with E-state index in [0.29, 0.717) is 11.3 Å². The zero-order chi connectivity index (χ0) is 25.4. The predicted octanol–water partition coefficient (Wildman–Crippen LogP) is 4.46. The van der Waals surface area contributed by atoms with Gasteiger partial charge in [-0.05, 0) is 36.4 Å². The van der Waals surface area contributed by atoms with Crippen LogP contribution in [0.4, 0.5) is 41.2 Å². The van der Waals surface area contributed by atoms with Gasteiger partial charge in [0.05, 0.1) is 11.4 Å². The van der Waals surface area contributed by atoms with Crippen LogP contribution < -0.4 is 16.0 Å². The smallest absolute Gasteiger partial charge is 0.366 e. The van der Waals surface area contributed by atoms with Gasteiger partial charge in [0, 0.05) is 35.4 Å². The van der Waals surface area contributed by atoms with E-state index >= 15 is 0 Å². The lowest BCUT2D eigenvalue weighted by atomic mass is 10.1. The molecule has 0 fully saturated rings. The Balaban J connectivity index is 1.50. The first-order valence-corrected chi connectivity index (χ1v) is 9.87. The minimum Gasteiger partial charge on any atom is -0.366 e. The van der Waals surface area contributed by atoms with Crippen LogP contribution in [-0.2, 0) is 6.18 Å². The van der Waals surface area contributed by atoms with Crippen molar-refractivity contribution in [2.75, 3.05) is 11.9 Å². The van der Waals surface area contributed by atoms with Crippen LogP contribution >= 0.6 is 0 Å². The third-order valence-corrected chi connectivity index (χ3v) is 4.83. The summed E-state index contributed by atoms with van der Waals surface area (Å²) in [5.41, 5.74) is 1.10. The monoisotopic (exact) mass is 500 g/mol. The molecule has 0 saturated heterocycles. The number of alkyl halides is 6. The van der Waals surface area contributed by atoms with Crippen molar-refractivity contribution < 1.29 is 35.5 Å². The Morgan fingerprint density at radius 1 is 1.14 bits per heavy atom. The predicted molar refractivity (Wildman–Crippen MR) is 110 cm³/mol. The van der Waals surface area contributed by atoms with Crippen LogP contribution in [0.3, 0.4) is 0 Å². The Bertz CT molecular complexity index is 1240. The Morgan fingerprint density at radius 2 is 1.91 bits per heavy atom. The van der Waals surface area contributed by atoms with Gasteiger partial charge in [0.15, 0.2) is 0 Å². The highest BCUT2D eigenvalue weighted by Gasteiger charge is 2.35. The highest BCUT2D eigenvalue weighted by atomic mass is 19.4. The lowest BCUT2D eigenvalue weighted by Gasteiger charge is -2.27. The molecule has 0 saturated carbocycles. The molecule has 14 heteroatoms. The van der Waals surface area contributed by atoms with Crippen molar-refractivity contribution in [3.05, 3.63) is 77.9 Å². The van der Waals surface area contributed by atoms with E-state index < -0.39 is 42.7 Å². The minimum atomic E-state index is -4.70. The summed E-state index contributed by atoms with van der Waals surface area (Å²) in [6.45, 7) is -1.55. The number of hydrogen-bond acceptors (Lipinski definition) is 5. The second-order valence-corrected chi connectivity index (χ2v) is 7.40. The summed E-state index contributed by atoms with van der Waals surface area (Å²) in [5, 5.41) is 6.76. The van der Waals surface area contributed by atoms with Crippen molar-refractivity contribution in [3.8, 4) is 0 Å². The highest BCUT2D eigenvalue weighted by Crippen LogP contribution is 2.33. The van der Waals surface area contributed by atoms with Gasteiger partial charge in [-0.1, -0.05) is 0 Å². The Hall–Kier alpha value is -4.10. The summed E-state index contributed by atoms with van der Waals surface area (Å²) in [7, 11) is 0. The molecule has 1 unspecified atom stereocenters. The van der Waals surface area contributed by atoms with Crippen LogP contribution in [-0.4, -0.2) is 39.8 Å². The third kappa shape index (κ3) is 5.70. The molecule has 7 nitrogen and oxygen atoms in total. The zero-order valence-electron chi connectivity index (χ0n) is 17.4. The van der Waals surface area contributed by atoms with Gasteiger partial charge in [-0.15, -0.1) is 0 Å². The maximum atomic E-state index is 14.2. The minimum absolute atomic E-state index is 0.0561. The number of urea groups is 1. The van der Waals surface area contributed by atoms with Crippen LogP contribution in [0, 0.1) is 5.82 Å². The van der Waals surface area contributed by atoms with Crippen molar-refractivity contribution in [2.24, 2.45) is 0 Å². The summed E-state index contributed by atoms with van der Waals surface area (Å²) in [4.78, 5) is 20.1. The van der Waals surface area contributed by atoms with Gasteiger partial charge in [0.25, 0.3) is 0 Å². The van der Waals surface area contributed by atoms with E-state index in [1.165, 1.54) is 24.4 Å². The molecule has 1 atom stereocenters. The molecule has 4 rings (SSSR count). The topological polar surface area (TPSA) is 82.2 Å². The Kier molecular flexibility index (Phi) is 6.13. The van der Waals surface area contributed by atoms with E-state index in [1.807, 2.05) is 0 Å². The molecule has 0 bridgehead atoms. The standard InChI is InChI=1S/C21H15F7N6O/c22-13-5-12(6-14(8-13)32-19(35)31-10-20(23,24)25)16-9-30-17-7-11(2-4-34(16)17)15-1-3-29-18(33-15)21(26,27)28/h1-9,17,30H,10H2,(H2,31,32,35). The van der Waals surface area contributed by atoms with Gasteiger partial charge in [-0.3, -0.25) is 0 Å². The van der Waals surface area contributed by atoms with Gasteiger partial charge in [-0.25, -0.2) is 19.2 Å². The number of nitrogens with zero attached hydrogens (tertiary/aromatic N) is 3. The lowest BCUT2D eigenvalue weighted by Crippen LogP contribution is -2.36. The molecule has 2 aromatic rings. The number of benzene rings is 1. The molecule has 2 amide bonds. The average molecular weight is 500 g/mol. The summed E-state index contributed by atoms with van der Waals surface area (Å²) in [6.07, 6.45) is -2.64. The fourth-order valence-corrected chi connectivity index (χ4v) is 3.38. The summed E-state index contributed by atoms with van der Waals surface area (Å²) < 4.78 is 89.8. The van der Waals surface area contributed by atoms with Crippen LogP contribution in [0.1, 0.15) is 17.1 Å². The molecule has 2 aliphatic rings. The molecule has 3 heterocycles. The quantitative estimate of drug-likeness (QED) is 0.541. The number of allylic oxidation sites excluding steroid dienone is 2. The van der Waals surface area contributed by atoms with E-state index in [1.54, 1.807) is 22.5 Å². The van der Waals surface area contributed by atoms with Gasteiger partial charge in [-0.2, -0.15) is 26.3 Å². The largest absolute Gasteiger partial charge is 0.451 e. The van der Waals surface area contributed by atoms with Gasteiger partial charge in [0.2, 0.25) is 5.82 Å². The first-order valence-electron chi connectivity index (χ1n) is 9.87. The lowest BCUT2D eigenvalue weighted by molar-refractivity contribution is -0.145. The molecule has 3 N–H and O–H groups in total. The number of anilines is 1. The number of rotatable bonds is 4. The van der Waals surface area contributed by atoms with Gasteiger partial charge >= 0.3 is 18.4 Å². The maximum Gasteiger partial charge on any atom is 0.451 e. The van der Waals surface area contributed by atoms with Crippen molar-refractivity contribution in [1.82, 2.24) is 25.5 Å². The van der Waals surface area contributed by atoms with Crippen molar-refractivity contribution in [3.63, 3.8) is 0 Å². The highest BCUT2D eigenvalue weighted by molar-refractivity contribution is 5.90. The van der Waals surface area contributed by atoms with Crippen LogP contribution in [0.25, 0.3) is 11.3 Å². The molecule has 184 valence electrons. The van der Waals surface area contributed by atoms with Crippen LogP contribution in [0.15, 0.2) is 55.0 Å². The first-order chi connectivity index (χ1) is 16.4. The second kappa shape index (κ2) is 8.92. The number of halogens is 7. The number of aromatic nitrogens is 2. The molecule has 1 aromatic carbocycles. The molecule has 0 spiro atoms. The number of hydrogen-bond donors (Lipinski definition) is 3. The van der Waals surface area contributed by atoms with E-state index in [-0.39, 0.29) is 16.9 Å². The number of nitrogens with one attached hydrogen (secondary N) is 3. The first kappa shape index (κ1) is 24.0. The van der Waals surface area contributed by atoms with E-state index in [2.05, 4.69) is 20.6 Å². The van der Waals surface area contributed by atoms with E-state index in [9.17, 15) is 35.5 Å². The maximum absolute atomic E-state index is 14.2. The SMILES string of the molecule is O=C(NCC(F)(F)F)Nc1cc(F)cc(C2=CNC3C=C(c4ccnc(C(F)(F)F)n4)C=CN23)c1. The summed E-state index contributed by atoms with van der Waals surface area (Å²) >= 11 is 0. The van der Waals surface area contributed by atoms with Crippen molar-refractivity contribution in [1.29, 1.82) is 0 Å². The van der Waals surface area contributed by atoms with E-state index in [0.717, 1.165) is 18.3 Å². The molecule has 0 radical (unpaired) electrons. The van der Waals surface area contributed by atoms with E-state index in [4.69, 9.17) is 0 Å². The number of amides is 2. The third-order valence-electron chi connectivity index (χ3n) is 4.83. The number of carbonyl (C=O) groups is 1. The fraction of sp³-hybridized carbons (Fsp3) is 0.190. The molecule has 2 aliphatic heterocycles. The molecular formula is C21H15F7N6O. The Morgan fingerprint density at radius 3 is 2.63 bits per heavy atom. The average Bonchev–Trinajstić information content (AvgIpc) is 3.20. The number of carbonyl (C=O) groups excluding carboxylic acids is 1. The van der Waals surface area contributed by atoms with Crippen molar-refractivity contribution in [2.45, 2.75) is 18.5 Å². The Labute approximate surface area is 193 Å².